The van der Waals surface area contributed by atoms with Crippen molar-refractivity contribution in [3.8, 4) is 23.0 Å². The predicted molar refractivity (Wildman–Crippen MR) is 102 cm³/mol. The lowest BCUT2D eigenvalue weighted by molar-refractivity contribution is -0.147. The second-order valence-corrected chi connectivity index (χ2v) is 7.36. The first-order chi connectivity index (χ1) is 14.6. The predicted octanol–water partition coefficient (Wildman–Crippen LogP) is 2.73. The van der Waals surface area contributed by atoms with E-state index in [-0.39, 0.29) is 25.9 Å². The zero-order valence-corrected chi connectivity index (χ0v) is 16.5. The van der Waals surface area contributed by atoms with Gasteiger partial charge < -0.3 is 28.4 Å². The second-order valence-electron chi connectivity index (χ2n) is 7.36. The molecular formula is C22H20O8. The van der Waals surface area contributed by atoms with Crippen molar-refractivity contribution in [2.75, 3.05) is 27.8 Å². The highest BCUT2D eigenvalue weighted by Gasteiger charge is 2.48. The molecule has 30 heavy (non-hydrogen) atoms. The Hall–Kier alpha value is -3.42. The summed E-state index contributed by atoms with van der Waals surface area (Å²) in [4.78, 5) is 25.1. The van der Waals surface area contributed by atoms with Gasteiger partial charge in [-0.2, -0.15) is 0 Å². The van der Waals surface area contributed by atoms with Crippen molar-refractivity contribution in [1.82, 2.24) is 0 Å². The molecule has 2 aliphatic heterocycles. The Morgan fingerprint density at radius 1 is 0.867 bits per heavy atom. The summed E-state index contributed by atoms with van der Waals surface area (Å²) >= 11 is 0. The van der Waals surface area contributed by atoms with Crippen molar-refractivity contribution >= 4 is 11.9 Å². The third-order valence-electron chi connectivity index (χ3n) is 5.95. The van der Waals surface area contributed by atoms with Crippen LogP contribution < -0.4 is 18.9 Å². The number of benzene rings is 2. The molecule has 1 aliphatic carbocycles. The molecular weight excluding hydrogens is 392 g/mol. The number of methoxy groups -OCH3 is 2. The lowest BCUT2D eigenvalue weighted by Crippen LogP contribution is -2.26. The van der Waals surface area contributed by atoms with Crippen molar-refractivity contribution in [3.63, 3.8) is 0 Å². The first-order valence-corrected chi connectivity index (χ1v) is 9.58. The number of rotatable bonds is 4. The summed E-state index contributed by atoms with van der Waals surface area (Å²) in [7, 11) is 2.68. The van der Waals surface area contributed by atoms with Crippen LogP contribution in [0.1, 0.15) is 34.9 Å². The summed E-state index contributed by atoms with van der Waals surface area (Å²) in [5.74, 6) is 0.287. The molecule has 2 heterocycles. The van der Waals surface area contributed by atoms with E-state index in [4.69, 9.17) is 28.4 Å². The molecule has 0 amide bonds. The monoisotopic (exact) mass is 412 g/mol. The van der Waals surface area contributed by atoms with Crippen LogP contribution in [0, 0.1) is 5.92 Å². The molecule has 0 unspecified atom stereocenters. The third-order valence-corrected chi connectivity index (χ3v) is 5.95. The third kappa shape index (κ3) is 2.82. The molecule has 0 fully saturated rings. The van der Waals surface area contributed by atoms with E-state index < -0.39 is 23.8 Å². The standard InChI is InChI=1S/C22H20O8/c1-25-19(23)8-14-12-6-17-18(30-10-29-17)7-13(12)20(21(14)22(24)26-2)11-3-4-15-16(5-11)28-9-27-15/h3-7,14,20-21H,8-10H2,1-2H3/t14-,20-,21-/m1/s1. The number of hydrogen-bond donors (Lipinski definition) is 0. The summed E-state index contributed by atoms with van der Waals surface area (Å²) in [6.45, 7) is 0.291. The fraction of sp³-hybridized carbons (Fsp3) is 0.364. The summed E-state index contributed by atoms with van der Waals surface area (Å²) in [5.41, 5.74) is 2.60. The first kappa shape index (κ1) is 18.6. The zero-order chi connectivity index (χ0) is 20.8. The van der Waals surface area contributed by atoms with Crippen molar-refractivity contribution < 1.29 is 38.0 Å². The number of hydrogen-bond acceptors (Lipinski definition) is 8. The number of esters is 2. The Kier molecular flexibility index (Phi) is 4.42. The van der Waals surface area contributed by atoms with Crippen molar-refractivity contribution in [2.45, 2.75) is 18.3 Å². The van der Waals surface area contributed by atoms with Crippen LogP contribution in [-0.4, -0.2) is 39.7 Å². The average molecular weight is 412 g/mol. The maximum atomic E-state index is 12.9. The van der Waals surface area contributed by atoms with Gasteiger partial charge >= 0.3 is 11.9 Å². The van der Waals surface area contributed by atoms with Crippen LogP contribution >= 0.6 is 0 Å². The highest BCUT2D eigenvalue weighted by molar-refractivity contribution is 5.81. The SMILES string of the molecule is COC(=O)C[C@@H]1c2cc3c(cc2[C@@H](c2ccc4c(c2)OCO4)[C@@H]1C(=O)OC)OCO3. The molecule has 0 saturated carbocycles. The van der Waals surface area contributed by atoms with Gasteiger partial charge in [-0.3, -0.25) is 9.59 Å². The molecule has 156 valence electrons. The highest BCUT2D eigenvalue weighted by atomic mass is 16.7. The first-order valence-electron chi connectivity index (χ1n) is 9.58. The normalized spacial score (nSPS) is 22.5. The molecule has 8 heteroatoms. The van der Waals surface area contributed by atoms with Gasteiger partial charge in [-0.15, -0.1) is 0 Å². The van der Waals surface area contributed by atoms with Crippen molar-refractivity contribution in [1.29, 1.82) is 0 Å². The molecule has 2 aromatic carbocycles. The second kappa shape index (κ2) is 7.12. The van der Waals surface area contributed by atoms with E-state index in [0.29, 0.717) is 23.0 Å². The maximum absolute atomic E-state index is 12.9. The molecule has 8 nitrogen and oxygen atoms in total. The van der Waals surface area contributed by atoms with Gasteiger partial charge in [-0.05, 0) is 41.0 Å². The van der Waals surface area contributed by atoms with Crippen LogP contribution in [0.15, 0.2) is 30.3 Å². The molecule has 0 spiro atoms. The van der Waals surface area contributed by atoms with E-state index in [9.17, 15) is 9.59 Å². The lowest BCUT2D eigenvalue weighted by atomic mass is 9.81. The number of carbonyl (C=O) groups is 2. The van der Waals surface area contributed by atoms with E-state index in [1.165, 1.54) is 14.2 Å². The van der Waals surface area contributed by atoms with Crippen LogP contribution in [0.25, 0.3) is 0 Å². The highest BCUT2D eigenvalue weighted by Crippen LogP contribution is 2.55. The smallest absolute Gasteiger partial charge is 0.310 e. The minimum atomic E-state index is -0.619. The molecule has 0 radical (unpaired) electrons. The molecule has 3 aliphatic rings. The summed E-state index contributed by atoms with van der Waals surface area (Å²) in [5, 5.41) is 0. The van der Waals surface area contributed by atoms with Crippen LogP contribution in [-0.2, 0) is 19.1 Å². The van der Waals surface area contributed by atoms with Gasteiger partial charge in [0.05, 0.1) is 26.6 Å². The largest absolute Gasteiger partial charge is 0.469 e. The fourth-order valence-electron chi connectivity index (χ4n) is 4.61. The van der Waals surface area contributed by atoms with Crippen LogP contribution in [0.4, 0.5) is 0 Å². The van der Waals surface area contributed by atoms with Crippen molar-refractivity contribution in [2.24, 2.45) is 5.92 Å². The topological polar surface area (TPSA) is 89.5 Å². The Bertz CT molecular complexity index is 1030. The Labute approximate surface area is 172 Å². The molecule has 2 aromatic rings. The average Bonchev–Trinajstić information content (AvgIpc) is 3.48. The van der Waals surface area contributed by atoms with Gasteiger partial charge in [0, 0.05) is 11.8 Å². The van der Waals surface area contributed by atoms with E-state index in [2.05, 4.69) is 0 Å². The van der Waals surface area contributed by atoms with E-state index in [1.807, 2.05) is 30.3 Å². The fourth-order valence-corrected chi connectivity index (χ4v) is 4.61. The summed E-state index contributed by atoms with van der Waals surface area (Å²) in [6.07, 6.45) is 0.0456. The van der Waals surface area contributed by atoms with E-state index >= 15 is 0 Å². The molecule has 0 aromatic heterocycles. The molecule has 0 saturated heterocycles. The van der Waals surface area contributed by atoms with Gasteiger partial charge in [0.15, 0.2) is 23.0 Å². The summed E-state index contributed by atoms with van der Waals surface area (Å²) < 4.78 is 32.1. The van der Waals surface area contributed by atoms with E-state index in [0.717, 1.165) is 16.7 Å². The van der Waals surface area contributed by atoms with Gasteiger partial charge in [0.1, 0.15) is 0 Å². The Morgan fingerprint density at radius 2 is 1.50 bits per heavy atom. The van der Waals surface area contributed by atoms with Crippen LogP contribution in [0.3, 0.4) is 0 Å². The van der Waals surface area contributed by atoms with Gasteiger partial charge in [-0.1, -0.05) is 6.07 Å². The minimum absolute atomic E-state index is 0.0456. The Morgan fingerprint density at radius 3 is 2.17 bits per heavy atom. The van der Waals surface area contributed by atoms with Crippen LogP contribution in [0.5, 0.6) is 23.0 Å². The number of ether oxygens (including phenoxy) is 6. The zero-order valence-electron chi connectivity index (χ0n) is 16.5. The van der Waals surface area contributed by atoms with Gasteiger partial charge in [0.2, 0.25) is 13.6 Å². The molecule has 5 rings (SSSR count). The number of fused-ring (bicyclic) bond motifs is 3. The molecule has 3 atom stereocenters. The number of carbonyl (C=O) groups excluding carboxylic acids is 2. The van der Waals surface area contributed by atoms with Gasteiger partial charge in [-0.25, -0.2) is 0 Å². The van der Waals surface area contributed by atoms with Crippen LogP contribution in [0.2, 0.25) is 0 Å². The quantitative estimate of drug-likeness (QED) is 0.709. The van der Waals surface area contributed by atoms with Crippen molar-refractivity contribution in [3.05, 3.63) is 47.0 Å². The van der Waals surface area contributed by atoms with E-state index in [1.54, 1.807) is 0 Å². The molecule has 0 bridgehead atoms. The maximum Gasteiger partial charge on any atom is 0.310 e. The minimum Gasteiger partial charge on any atom is -0.469 e. The Balaban J connectivity index is 1.67. The van der Waals surface area contributed by atoms with Gasteiger partial charge in [0.25, 0.3) is 0 Å². The summed E-state index contributed by atoms with van der Waals surface area (Å²) in [6, 6.07) is 9.35. The lowest BCUT2D eigenvalue weighted by Gasteiger charge is -2.23. The molecule has 0 N–H and O–H groups in total.